The van der Waals surface area contributed by atoms with Gasteiger partial charge < -0.3 is 9.73 Å². The normalized spacial score (nSPS) is 12.1. The number of rotatable bonds is 6. The molecule has 0 amide bonds. The van der Waals surface area contributed by atoms with Crippen LogP contribution >= 0.6 is 0 Å². The van der Waals surface area contributed by atoms with E-state index < -0.39 is 30.5 Å². The lowest BCUT2D eigenvalue weighted by molar-refractivity contribution is -0.125. The third kappa shape index (κ3) is 3.62. The largest absolute Gasteiger partial charge is 0.460 e. The Bertz CT molecular complexity index is 620. The second kappa shape index (κ2) is 6.43. The number of nitrogens with one attached hydrogen (secondary N) is 1. The van der Waals surface area contributed by atoms with Gasteiger partial charge in [-0.25, -0.2) is 17.6 Å². The van der Waals surface area contributed by atoms with Gasteiger partial charge in [0.1, 0.15) is 23.2 Å². The summed E-state index contributed by atoms with van der Waals surface area (Å²) in [5.74, 6) is -5.86. The van der Waals surface area contributed by atoms with Crippen LogP contribution < -0.4 is 5.32 Å². The van der Waals surface area contributed by atoms with Crippen LogP contribution in [-0.4, -0.2) is 18.9 Å². The van der Waals surface area contributed by atoms with Crippen LogP contribution in [0.25, 0.3) is 11.3 Å². The monoisotopic (exact) mass is 323 g/mol. The summed E-state index contributed by atoms with van der Waals surface area (Å²) in [7, 11) is 0. The zero-order valence-corrected chi connectivity index (χ0v) is 11.1. The van der Waals surface area contributed by atoms with E-state index in [4.69, 9.17) is 4.42 Å². The second-order valence-corrected chi connectivity index (χ2v) is 4.53. The van der Waals surface area contributed by atoms with Crippen LogP contribution in [0.2, 0.25) is 0 Å². The first kappa shape index (κ1) is 16.4. The van der Waals surface area contributed by atoms with E-state index >= 15 is 0 Å². The van der Waals surface area contributed by atoms with Gasteiger partial charge in [-0.05, 0) is 24.3 Å². The third-order valence-electron chi connectivity index (χ3n) is 2.85. The summed E-state index contributed by atoms with van der Waals surface area (Å²) < 4.78 is 81.5. The highest BCUT2D eigenvalue weighted by Crippen LogP contribution is 2.28. The smallest absolute Gasteiger partial charge is 0.319 e. The van der Waals surface area contributed by atoms with Crippen molar-refractivity contribution in [1.82, 2.24) is 5.32 Å². The van der Waals surface area contributed by atoms with E-state index in [2.05, 4.69) is 5.32 Å². The van der Waals surface area contributed by atoms with Crippen molar-refractivity contribution in [3.8, 4) is 11.3 Å². The first-order valence-corrected chi connectivity index (χ1v) is 6.21. The van der Waals surface area contributed by atoms with Crippen LogP contribution in [0.5, 0.6) is 0 Å². The molecule has 0 bridgehead atoms. The van der Waals surface area contributed by atoms with Crippen molar-refractivity contribution in [3.63, 3.8) is 0 Å². The van der Waals surface area contributed by atoms with Crippen LogP contribution in [0.3, 0.4) is 0 Å². The van der Waals surface area contributed by atoms with Crippen LogP contribution in [0.4, 0.5) is 26.3 Å². The quantitative estimate of drug-likeness (QED) is 0.806. The Morgan fingerprint density at radius 3 is 2.27 bits per heavy atom. The number of halogens is 6. The molecule has 2 rings (SSSR count). The Labute approximate surface area is 121 Å². The average Bonchev–Trinajstić information content (AvgIpc) is 2.86. The Balaban J connectivity index is 2.04. The minimum atomic E-state index is -4.16. The topological polar surface area (TPSA) is 25.2 Å². The molecule has 0 radical (unpaired) electrons. The SMILES string of the molecule is Fc1cccc(F)c1-c1ccc(CNCC(F)(F)C(F)F)o1. The lowest BCUT2D eigenvalue weighted by Gasteiger charge is -2.15. The molecule has 1 N–H and O–H groups in total. The van der Waals surface area contributed by atoms with E-state index in [1.807, 2.05) is 0 Å². The van der Waals surface area contributed by atoms with Gasteiger partial charge >= 0.3 is 12.3 Å². The van der Waals surface area contributed by atoms with E-state index in [1.54, 1.807) is 0 Å². The maximum atomic E-state index is 13.5. The van der Waals surface area contributed by atoms with E-state index in [-0.39, 0.29) is 23.6 Å². The van der Waals surface area contributed by atoms with Gasteiger partial charge in [0.15, 0.2) is 0 Å². The predicted octanol–water partition coefficient (Wildman–Crippen LogP) is 4.21. The molecular formula is C14H11F6NO. The van der Waals surface area contributed by atoms with Gasteiger partial charge in [0.2, 0.25) is 0 Å². The zero-order chi connectivity index (χ0) is 16.3. The summed E-state index contributed by atoms with van der Waals surface area (Å²) in [6, 6.07) is 5.86. The predicted molar refractivity (Wildman–Crippen MR) is 66.7 cm³/mol. The number of benzene rings is 1. The van der Waals surface area contributed by atoms with E-state index in [1.165, 1.54) is 18.2 Å². The van der Waals surface area contributed by atoms with Crippen molar-refractivity contribution < 1.29 is 30.8 Å². The number of hydrogen-bond acceptors (Lipinski definition) is 2. The third-order valence-corrected chi connectivity index (χ3v) is 2.85. The van der Waals surface area contributed by atoms with Crippen molar-refractivity contribution in [2.45, 2.75) is 18.9 Å². The van der Waals surface area contributed by atoms with Crippen LogP contribution in [0.15, 0.2) is 34.7 Å². The van der Waals surface area contributed by atoms with Crippen molar-refractivity contribution in [1.29, 1.82) is 0 Å². The van der Waals surface area contributed by atoms with Gasteiger partial charge in [0, 0.05) is 0 Å². The average molecular weight is 323 g/mol. The molecule has 0 unspecified atom stereocenters. The highest BCUT2D eigenvalue weighted by Gasteiger charge is 2.40. The Morgan fingerprint density at radius 2 is 1.68 bits per heavy atom. The minimum Gasteiger partial charge on any atom is -0.460 e. The Kier molecular flexibility index (Phi) is 4.80. The van der Waals surface area contributed by atoms with Crippen molar-refractivity contribution in [2.24, 2.45) is 0 Å². The van der Waals surface area contributed by atoms with E-state index in [0.29, 0.717) is 0 Å². The van der Waals surface area contributed by atoms with Gasteiger partial charge in [-0.2, -0.15) is 8.78 Å². The molecule has 0 fully saturated rings. The van der Waals surface area contributed by atoms with Gasteiger partial charge in [0.05, 0.1) is 18.7 Å². The number of alkyl halides is 4. The van der Waals surface area contributed by atoms with E-state index in [9.17, 15) is 26.3 Å². The van der Waals surface area contributed by atoms with Crippen molar-refractivity contribution in [2.75, 3.05) is 6.54 Å². The second-order valence-electron chi connectivity index (χ2n) is 4.53. The molecule has 0 saturated carbocycles. The van der Waals surface area contributed by atoms with Gasteiger partial charge in [0.25, 0.3) is 0 Å². The highest BCUT2D eigenvalue weighted by atomic mass is 19.3. The molecule has 0 atom stereocenters. The highest BCUT2D eigenvalue weighted by molar-refractivity contribution is 5.59. The summed E-state index contributed by atoms with van der Waals surface area (Å²) in [6.45, 7) is -1.52. The van der Waals surface area contributed by atoms with Crippen molar-refractivity contribution in [3.05, 3.63) is 47.7 Å². The lowest BCUT2D eigenvalue weighted by Crippen LogP contribution is -2.38. The van der Waals surface area contributed by atoms with Gasteiger partial charge in [-0.3, -0.25) is 0 Å². The lowest BCUT2D eigenvalue weighted by atomic mass is 10.1. The summed E-state index contributed by atoms with van der Waals surface area (Å²) in [6.07, 6.45) is -3.78. The fourth-order valence-electron chi connectivity index (χ4n) is 1.77. The standard InChI is InChI=1S/C14H11F6NO/c15-9-2-1-3-10(16)12(9)11-5-4-8(22-11)6-21-7-14(19,20)13(17)18/h1-5,13,21H,6-7H2. The number of furan rings is 1. The first-order valence-electron chi connectivity index (χ1n) is 6.21. The molecule has 1 aromatic carbocycles. The molecule has 1 heterocycles. The molecule has 0 aliphatic carbocycles. The fourth-order valence-corrected chi connectivity index (χ4v) is 1.77. The molecule has 22 heavy (non-hydrogen) atoms. The molecule has 2 aromatic rings. The first-order chi connectivity index (χ1) is 10.3. The Hall–Kier alpha value is -1.96. The Morgan fingerprint density at radius 1 is 1.05 bits per heavy atom. The fraction of sp³-hybridized carbons (Fsp3) is 0.286. The summed E-state index contributed by atoms with van der Waals surface area (Å²) in [4.78, 5) is 0. The number of hydrogen-bond donors (Lipinski definition) is 1. The van der Waals surface area contributed by atoms with E-state index in [0.717, 1.165) is 12.1 Å². The van der Waals surface area contributed by atoms with Gasteiger partial charge in [-0.15, -0.1) is 0 Å². The molecule has 2 nitrogen and oxygen atoms in total. The molecule has 0 aliphatic rings. The molecule has 0 aliphatic heterocycles. The molecule has 0 saturated heterocycles. The van der Waals surface area contributed by atoms with Crippen molar-refractivity contribution >= 4 is 0 Å². The maximum Gasteiger partial charge on any atom is 0.319 e. The molecule has 120 valence electrons. The zero-order valence-electron chi connectivity index (χ0n) is 11.1. The van der Waals surface area contributed by atoms with Crippen LogP contribution in [-0.2, 0) is 6.54 Å². The molecule has 0 spiro atoms. The molecular weight excluding hydrogens is 312 g/mol. The van der Waals surface area contributed by atoms with Crippen LogP contribution in [0, 0.1) is 11.6 Å². The summed E-state index contributed by atoms with van der Waals surface area (Å²) in [5.41, 5.74) is -0.383. The maximum absolute atomic E-state index is 13.5. The minimum absolute atomic E-state index is 0.0859. The summed E-state index contributed by atoms with van der Waals surface area (Å²) >= 11 is 0. The molecule has 8 heteroatoms. The van der Waals surface area contributed by atoms with Crippen LogP contribution in [0.1, 0.15) is 5.76 Å². The molecule has 1 aromatic heterocycles. The summed E-state index contributed by atoms with van der Waals surface area (Å²) in [5, 5.41) is 2.11. The van der Waals surface area contributed by atoms with Gasteiger partial charge in [-0.1, -0.05) is 6.07 Å².